The van der Waals surface area contributed by atoms with Gasteiger partial charge in [0.25, 0.3) is 0 Å². The highest BCUT2D eigenvalue weighted by Gasteiger charge is 2.25. The summed E-state index contributed by atoms with van der Waals surface area (Å²) < 4.78 is 18.3. The zero-order valence-electron chi connectivity index (χ0n) is 16.9. The van der Waals surface area contributed by atoms with Gasteiger partial charge in [0.05, 0.1) is 7.11 Å². The Labute approximate surface area is 189 Å². The van der Waals surface area contributed by atoms with Gasteiger partial charge in [-0.15, -0.1) is 10.2 Å². The molecule has 0 aliphatic heterocycles. The number of aromatic nitrogens is 5. The molecule has 0 saturated heterocycles. The molecule has 31 heavy (non-hydrogen) atoms. The normalized spacial score (nSPS) is 12.0. The molecule has 0 aliphatic carbocycles. The first-order valence-corrected chi connectivity index (χ1v) is 10.4. The van der Waals surface area contributed by atoms with E-state index in [0.717, 1.165) is 11.3 Å². The molecule has 0 aliphatic rings. The van der Waals surface area contributed by atoms with Gasteiger partial charge in [0, 0.05) is 17.1 Å². The zero-order valence-corrected chi connectivity index (χ0v) is 18.5. The Morgan fingerprint density at radius 2 is 1.90 bits per heavy atom. The minimum Gasteiger partial charge on any atom is -0.497 e. The van der Waals surface area contributed by atoms with Gasteiger partial charge in [0.1, 0.15) is 23.4 Å². The Balaban J connectivity index is 1.51. The Morgan fingerprint density at radius 3 is 2.61 bits per heavy atom. The predicted molar refractivity (Wildman–Crippen MR) is 119 cm³/mol. The van der Waals surface area contributed by atoms with Gasteiger partial charge in [0.2, 0.25) is 11.7 Å². The molecule has 160 valence electrons. The van der Waals surface area contributed by atoms with Gasteiger partial charge in [-0.1, -0.05) is 28.9 Å². The van der Waals surface area contributed by atoms with Crippen LogP contribution in [0.3, 0.4) is 0 Å². The Morgan fingerprint density at radius 1 is 1.13 bits per heavy atom. The van der Waals surface area contributed by atoms with Crippen LogP contribution < -0.4 is 9.47 Å². The van der Waals surface area contributed by atoms with Crippen molar-refractivity contribution in [2.75, 3.05) is 7.11 Å². The molecular weight excluding hydrogens is 438 g/mol. The summed E-state index contributed by atoms with van der Waals surface area (Å²) in [5.41, 5.74) is 0.758. The maximum Gasteiger partial charge on any atom is 0.247 e. The topological polar surface area (TPSA) is 88.1 Å². The van der Waals surface area contributed by atoms with E-state index in [-0.39, 0.29) is 6.61 Å². The summed E-state index contributed by atoms with van der Waals surface area (Å²) in [6, 6.07) is 14.6. The number of methoxy groups -OCH3 is 1. The third kappa shape index (κ3) is 4.67. The van der Waals surface area contributed by atoms with Crippen LogP contribution in [0.2, 0.25) is 5.02 Å². The SMILES string of the molecule is CCn1c(COc2ccc(OC)cc2)nnc1C(S)c1nc(-c2cccc(Cl)c2)no1. The largest absolute Gasteiger partial charge is 0.497 e. The highest BCUT2D eigenvalue weighted by atomic mass is 35.5. The maximum atomic E-state index is 6.05. The molecule has 8 nitrogen and oxygen atoms in total. The van der Waals surface area contributed by atoms with E-state index in [2.05, 4.69) is 33.0 Å². The average Bonchev–Trinajstić information content (AvgIpc) is 3.45. The van der Waals surface area contributed by atoms with E-state index in [0.29, 0.717) is 40.7 Å². The number of rotatable bonds is 8. The van der Waals surface area contributed by atoms with Crippen LogP contribution in [0.15, 0.2) is 53.1 Å². The van der Waals surface area contributed by atoms with Crippen LogP contribution in [0.1, 0.15) is 29.7 Å². The molecule has 2 heterocycles. The Bertz CT molecular complexity index is 1160. The van der Waals surface area contributed by atoms with Crippen LogP contribution in [-0.4, -0.2) is 32.0 Å². The number of benzene rings is 2. The molecular formula is C21H20ClN5O3S. The second kappa shape index (κ2) is 9.40. The zero-order chi connectivity index (χ0) is 21.8. The number of hydrogen-bond donors (Lipinski definition) is 1. The molecule has 4 aromatic rings. The molecule has 0 amide bonds. The summed E-state index contributed by atoms with van der Waals surface area (Å²) in [5, 5.41) is 12.6. The van der Waals surface area contributed by atoms with Crippen LogP contribution in [0.5, 0.6) is 11.5 Å². The van der Waals surface area contributed by atoms with Crippen LogP contribution in [0.4, 0.5) is 0 Å². The third-order valence-electron chi connectivity index (χ3n) is 4.60. The predicted octanol–water partition coefficient (Wildman–Crippen LogP) is 4.61. The smallest absolute Gasteiger partial charge is 0.247 e. The molecule has 10 heteroatoms. The third-order valence-corrected chi connectivity index (χ3v) is 5.29. The maximum absolute atomic E-state index is 6.05. The minimum absolute atomic E-state index is 0.255. The quantitative estimate of drug-likeness (QED) is 0.386. The van der Waals surface area contributed by atoms with Crippen LogP contribution >= 0.6 is 24.2 Å². The molecule has 0 bridgehead atoms. The molecule has 1 unspecified atom stereocenters. The van der Waals surface area contributed by atoms with Crippen molar-refractivity contribution >= 4 is 24.2 Å². The van der Waals surface area contributed by atoms with Crippen molar-refractivity contribution in [3.8, 4) is 22.9 Å². The Kier molecular flexibility index (Phi) is 6.43. The lowest BCUT2D eigenvalue weighted by Gasteiger charge is -2.11. The van der Waals surface area contributed by atoms with E-state index in [1.165, 1.54) is 0 Å². The Hall–Kier alpha value is -3.04. The molecule has 0 radical (unpaired) electrons. The second-order valence-electron chi connectivity index (χ2n) is 6.55. The number of nitrogens with zero attached hydrogens (tertiary/aromatic N) is 5. The van der Waals surface area contributed by atoms with Crippen molar-refractivity contribution in [3.63, 3.8) is 0 Å². The van der Waals surface area contributed by atoms with Gasteiger partial charge in [-0.2, -0.15) is 17.6 Å². The summed E-state index contributed by atoms with van der Waals surface area (Å²) in [6.07, 6.45) is 0. The fraction of sp³-hybridized carbons (Fsp3) is 0.238. The van der Waals surface area contributed by atoms with E-state index < -0.39 is 5.25 Å². The van der Waals surface area contributed by atoms with E-state index >= 15 is 0 Å². The van der Waals surface area contributed by atoms with Gasteiger partial charge in [-0.3, -0.25) is 0 Å². The fourth-order valence-electron chi connectivity index (χ4n) is 3.02. The molecule has 0 saturated carbocycles. The van der Waals surface area contributed by atoms with Gasteiger partial charge < -0.3 is 18.6 Å². The van der Waals surface area contributed by atoms with Crippen LogP contribution in [-0.2, 0) is 13.2 Å². The number of ether oxygens (including phenoxy) is 2. The second-order valence-corrected chi connectivity index (χ2v) is 7.50. The molecule has 2 aromatic heterocycles. The first kappa shape index (κ1) is 21.2. The summed E-state index contributed by atoms with van der Waals surface area (Å²) in [6.45, 7) is 2.89. The summed E-state index contributed by atoms with van der Waals surface area (Å²) in [4.78, 5) is 4.46. The van der Waals surface area contributed by atoms with Crippen molar-refractivity contribution in [2.45, 2.75) is 25.3 Å². The average molecular weight is 458 g/mol. The molecule has 4 rings (SSSR count). The van der Waals surface area contributed by atoms with Crippen molar-refractivity contribution in [3.05, 3.63) is 71.1 Å². The molecule has 0 N–H and O–H groups in total. The fourth-order valence-corrected chi connectivity index (χ4v) is 3.51. The van der Waals surface area contributed by atoms with E-state index in [9.17, 15) is 0 Å². The first-order valence-electron chi connectivity index (χ1n) is 9.55. The standard InChI is InChI=1S/C21H20ClN5O3S/c1-3-27-17(12-29-16-9-7-15(28-2)8-10-16)24-25-20(27)18(31)21-23-19(26-30-21)13-5-4-6-14(22)11-13/h4-11,18,31H,3,12H2,1-2H3. The highest BCUT2D eigenvalue weighted by molar-refractivity contribution is 7.80. The molecule has 0 spiro atoms. The summed E-state index contributed by atoms with van der Waals surface area (Å²) in [7, 11) is 1.62. The molecule has 2 aromatic carbocycles. The molecule has 1 atom stereocenters. The lowest BCUT2D eigenvalue weighted by atomic mass is 10.2. The summed E-state index contributed by atoms with van der Waals surface area (Å²) in [5.74, 6) is 3.49. The number of hydrogen-bond acceptors (Lipinski definition) is 8. The molecule has 0 fully saturated rings. The monoisotopic (exact) mass is 457 g/mol. The van der Waals surface area contributed by atoms with E-state index in [1.807, 2.05) is 47.9 Å². The van der Waals surface area contributed by atoms with Crippen molar-refractivity contribution in [2.24, 2.45) is 0 Å². The van der Waals surface area contributed by atoms with Crippen LogP contribution in [0.25, 0.3) is 11.4 Å². The van der Waals surface area contributed by atoms with Crippen molar-refractivity contribution in [1.29, 1.82) is 0 Å². The first-order chi connectivity index (χ1) is 15.1. The van der Waals surface area contributed by atoms with Gasteiger partial charge in [-0.05, 0) is 43.3 Å². The lowest BCUT2D eigenvalue weighted by Crippen LogP contribution is -2.11. The van der Waals surface area contributed by atoms with Crippen molar-refractivity contribution in [1.82, 2.24) is 24.9 Å². The van der Waals surface area contributed by atoms with Crippen molar-refractivity contribution < 1.29 is 14.0 Å². The number of thiol groups is 1. The van der Waals surface area contributed by atoms with E-state index in [4.69, 9.17) is 25.6 Å². The van der Waals surface area contributed by atoms with E-state index in [1.54, 1.807) is 19.2 Å². The summed E-state index contributed by atoms with van der Waals surface area (Å²) >= 11 is 10.7. The highest BCUT2D eigenvalue weighted by Crippen LogP contribution is 2.29. The minimum atomic E-state index is -0.539. The van der Waals surface area contributed by atoms with Gasteiger partial charge in [0.15, 0.2) is 11.6 Å². The van der Waals surface area contributed by atoms with Crippen LogP contribution in [0, 0.1) is 0 Å². The van der Waals surface area contributed by atoms with Gasteiger partial charge >= 0.3 is 0 Å². The number of halogens is 1. The van der Waals surface area contributed by atoms with Gasteiger partial charge in [-0.25, -0.2) is 0 Å². The lowest BCUT2D eigenvalue weighted by molar-refractivity contribution is 0.288.